The number of amides is 2. The highest BCUT2D eigenvalue weighted by atomic mass is 16.7. The van der Waals surface area contributed by atoms with Crippen LogP contribution in [0.25, 0.3) is 10.9 Å². The lowest BCUT2D eigenvalue weighted by atomic mass is 9.88. The molecule has 0 radical (unpaired) electrons. The van der Waals surface area contributed by atoms with Crippen molar-refractivity contribution in [2.75, 3.05) is 12.1 Å². The van der Waals surface area contributed by atoms with Gasteiger partial charge < -0.3 is 25.1 Å². The number of aromatic amines is 1. The number of carbonyl (C=O) groups excluding carboxylic acids is 2. The first kappa shape index (κ1) is 23.2. The van der Waals surface area contributed by atoms with Crippen LogP contribution in [0.4, 0.5) is 5.69 Å². The molecular formula is C30H29N3O4. The van der Waals surface area contributed by atoms with E-state index < -0.39 is 10.8 Å². The van der Waals surface area contributed by atoms with E-state index in [1.54, 1.807) is 0 Å². The van der Waals surface area contributed by atoms with Gasteiger partial charge in [-0.05, 0) is 74.2 Å². The fraction of sp³-hybridized carbons (Fsp3) is 0.267. The van der Waals surface area contributed by atoms with Crippen molar-refractivity contribution in [2.45, 2.75) is 44.1 Å². The minimum atomic E-state index is -0.755. The van der Waals surface area contributed by atoms with Crippen LogP contribution >= 0.6 is 0 Å². The van der Waals surface area contributed by atoms with Crippen molar-refractivity contribution in [2.24, 2.45) is 0 Å². The van der Waals surface area contributed by atoms with E-state index in [1.807, 2.05) is 86.6 Å². The number of hydrogen-bond donors (Lipinski definition) is 3. The van der Waals surface area contributed by atoms with E-state index in [4.69, 9.17) is 9.47 Å². The molecule has 1 fully saturated rings. The molecule has 0 atom stereocenters. The molecule has 2 aliphatic rings. The summed E-state index contributed by atoms with van der Waals surface area (Å²) in [7, 11) is 0. The zero-order valence-electron chi connectivity index (χ0n) is 20.9. The van der Waals surface area contributed by atoms with Gasteiger partial charge >= 0.3 is 0 Å². The van der Waals surface area contributed by atoms with Gasteiger partial charge in [0.25, 0.3) is 0 Å². The van der Waals surface area contributed by atoms with Crippen molar-refractivity contribution in [3.8, 4) is 11.5 Å². The smallest absolute Gasteiger partial charge is 0.235 e. The monoisotopic (exact) mass is 495 g/mol. The second-order valence-electron chi connectivity index (χ2n) is 10.4. The average molecular weight is 496 g/mol. The Balaban J connectivity index is 1.17. The van der Waals surface area contributed by atoms with E-state index in [0.717, 1.165) is 46.3 Å². The minimum Gasteiger partial charge on any atom is -0.454 e. The molecule has 2 amide bonds. The number of fused-ring (bicyclic) bond motifs is 2. The lowest BCUT2D eigenvalue weighted by Gasteiger charge is -2.22. The van der Waals surface area contributed by atoms with Crippen molar-refractivity contribution in [3.05, 3.63) is 89.6 Å². The molecule has 0 bridgehead atoms. The van der Waals surface area contributed by atoms with Crippen molar-refractivity contribution in [3.63, 3.8) is 0 Å². The summed E-state index contributed by atoms with van der Waals surface area (Å²) < 4.78 is 10.9. The number of benzene rings is 3. The van der Waals surface area contributed by atoms with Gasteiger partial charge in [0.15, 0.2) is 11.5 Å². The Labute approximate surface area is 215 Å². The third-order valence-electron chi connectivity index (χ3n) is 7.53. The number of H-pyrrole nitrogens is 1. The topological polar surface area (TPSA) is 92.5 Å². The third kappa shape index (κ3) is 4.20. The van der Waals surface area contributed by atoms with E-state index in [9.17, 15) is 9.59 Å². The number of nitrogens with one attached hydrogen (secondary N) is 3. The maximum absolute atomic E-state index is 13.3. The quantitative estimate of drug-likeness (QED) is 0.330. The maximum Gasteiger partial charge on any atom is 0.235 e. The molecule has 37 heavy (non-hydrogen) atoms. The van der Waals surface area contributed by atoms with Crippen LogP contribution in [-0.4, -0.2) is 23.6 Å². The molecule has 0 spiro atoms. The maximum atomic E-state index is 13.3. The Morgan fingerprint density at radius 1 is 0.946 bits per heavy atom. The highest BCUT2D eigenvalue weighted by Gasteiger charge is 2.51. The van der Waals surface area contributed by atoms with Crippen molar-refractivity contribution >= 4 is 28.4 Å². The van der Waals surface area contributed by atoms with Crippen LogP contribution in [0.2, 0.25) is 0 Å². The Morgan fingerprint density at radius 2 is 1.73 bits per heavy atom. The molecule has 1 saturated carbocycles. The normalized spacial score (nSPS) is 15.4. The standard InChI is InChI=1S/C30H29N3O4/c1-29(2,27(34)31-17-19-6-4-3-5-7-19)26-15-20-14-22(9-10-23(20)33-26)32-28(35)30(12-13-30)21-8-11-24-25(16-21)37-18-36-24/h3-11,14-16,33H,12-13,17-18H2,1-2H3,(H,31,34)(H,32,35). The van der Waals surface area contributed by atoms with Gasteiger partial charge in [0.1, 0.15) is 0 Å². The molecule has 4 aromatic rings. The fourth-order valence-corrected chi connectivity index (χ4v) is 4.89. The van der Waals surface area contributed by atoms with Crippen LogP contribution < -0.4 is 20.1 Å². The second kappa shape index (κ2) is 8.69. The number of aromatic nitrogens is 1. The summed E-state index contributed by atoms with van der Waals surface area (Å²) in [5.41, 5.74) is 3.15. The number of ether oxygens (including phenoxy) is 2. The fourth-order valence-electron chi connectivity index (χ4n) is 4.89. The summed E-state index contributed by atoms with van der Waals surface area (Å²) in [5.74, 6) is 1.32. The molecule has 3 aromatic carbocycles. The predicted molar refractivity (Wildman–Crippen MR) is 142 cm³/mol. The number of hydrogen-bond acceptors (Lipinski definition) is 4. The van der Waals surface area contributed by atoms with E-state index in [-0.39, 0.29) is 18.6 Å². The Morgan fingerprint density at radius 3 is 2.51 bits per heavy atom. The number of carbonyl (C=O) groups is 2. The summed E-state index contributed by atoms with van der Waals surface area (Å²) in [6, 6.07) is 23.4. The van der Waals surface area contributed by atoms with Gasteiger partial charge in [-0.1, -0.05) is 36.4 Å². The summed E-state index contributed by atoms with van der Waals surface area (Å²) in [6.07, 6.45) is 1.59. The van der Waals surface area contributed by atoms with Gasteiger partial charge in [-0.2, -0.15) is 0 Å². The molecule has 6 rings (SSSR count). The Kier molecular flexibility index (Phi) is 5.44. The zero-order chi connectivity index (χ0) is 25.6. The molecule has 0 saturated heterocycles. The SMILES string of the molecule is CC(C)(C(=O)NCc1ccccc1)c1cc2cc(NC(=O)C3(c4ccc5c(c4)OCO5)CC3)ccc2[nH]1. The summed E-state index contributed by atoms with van der Waals surface area (Å²) >= 11 is 0. The summed E-state index contributed by atoms with van der Waals surface area (Å²) in [5, 5.41) is 7.08. The Hall–Kier alpha value is -4.26. The van der Waals surface area contributed by atoms with Crippen LogP contribution in [0.3, 0.4) is 0 Å². The summed E-state index contributed by atoms with van der Waals surface area (Å²) in [4.78, 5) is 29.8. The van der Waals surface area contributed by atoms with E-state index in [0.29, 0.717) is 18.0 Å². The van der Waals surface area contributed by atoms with Gasteiger partial charge in [0.2, 0.25) is 18.6 Å². The van der Waals surface area contributed by atoms with Gasteiger partial charge in [0.05, 0.1) is 10.8 Å². The third-order valence-corrected chi connectivity index (χ3v) is 7.53. The molecule has 188 valence electrons. The van der Waals surface area contributed by atoms with Crippen LogP contribution in [0.15, 0.2) is 72.8 Å². The first-order valence-electron chi connectivity index (χ1n) is 12.5. The number of anilines is 1. The lowest BCUT2D eigenvalue weighted by Crippen LogP contribution is -2.39. The molecule has 1 aromatic heterocycles. The molecule has 3 N–H and O–H groups in total. The molecule has 7 nitrogen and oxygen atoms in total. The predicted octanol–water partition coefficient (Wildman–Crippen LogP) is 5.16. The van der Waals surface area contributed by atoms with E-state index in [1.165, 1.54) is 0 Å². The molecule has 0 unspecified atom stereocenters. The van der Waals surface area contributed by atoms with Crippen molar-refractivity contribution in [1.82, 2.24) is 10.3 Å². The van der Waals surface area contributed by atoms with Crippen LogP contribution in [0.5, 0.6) is 11.5 Å². The van der Waals surface area contributed by atoms with Gasteiger partial charge in [0, 0.05) is 28.8 Å². The summed E-state index contributed by atoms with van der Waals surface area (Å²) in [6.45, 7) is 4.50. The van der Waals surface area contributed by atoms with E-state index in [2.05, 4.69) is 15.6 Å². The largest absolute Gasteiger partial charge is 0.454 e. The van der Waals surface area contributed by atoms with Gasteiger partial charge in [-0.25, -0.2) is 0 Å². The zero-order valence-corrected chi connectivity index (χ0v) is 20.9. The van der Waals surface area contributed by atoms with Crippen molar-refractivity contribution < 1.29 is 19.1 Å². The van der Waals surface area contributed by atoms with Crippen LogP contribution in [-0.2, 0) is 27.0 Å². The van der Waals surface area contributed by atoms with Crippen LogP contribution in [0.1, 0.15) is 43.5 Å². The number of rotatable bonds is 7. The van der Waals surface area contributed by atoms with Crippen LogP contribution in [0, 0.1) is 0 Å². The average Bonchev–Trinajstić information content (AvgIpc) is 3.38. The lowest BCUT2D eigenvalue weighted by molar-refractivity contribution is -0.126. The first-order chi connectivity index (χ1) is 17.8. The Bertz CT molecular complexity index is 1500. The molecular weight excluding hydrogens is 466 g/mol. The molecule has 1 aliphatic carbocycles. The van der Waals surface area contributed by atoms with Gasteiger partial charge in [-0.15, -0.1) is 0 Å². The highest BCUT2D eigenvalue weighted by Crippen LogP contribution is 2.51. The van der Waals surface area contributed by atoms with Gasteiger partial charge in [-0.3, -0.25) is 9.59 Å². The van der Waals surface area contributed by atoms with Crippen molar-refractivity contribution in [1.29, 1.82) is 0 Å². The minimum absolute atomic E-state index is 0.0258. The second-order valence-corrected chi connectivity index (χ2v) is 10.4. The molecule has 1 aliphatic heterocycles. The molecule has 2 heterocycles. The first-order valence-corrected chi connectivity index (χ1v) is 12.5. The van der Waals surface area contributed by atoms with E-state index >= 15 is 0 Å². The highest BCUT2D eigenvalue weighted by molar-refractivity contribution is 6.02. The molecule has 7 heteroatoms.